The Morgan fingerprint density at radius 3 is 2.14 bits per heavy atom. The van der Waals surface area contributed by atoms with E-state index < -0.39 is 34.3 Å². The Hall–Kier alpha value is -3.72. The molecule has 0 bridgehead atoms. The molecule has 0 saturated carbocycles. The largest absolute Gasteiger partial charge is 0.355 e. The first kappa shape index (κ1) is 27.9. The van der Waals surface area contributed by atoms with Crippen molar-refractivity contribution in [3.05, 3.63) is 95.8 Å². The molecule has 0 aliphatic heterocycles. The van der Waals surface area contributed by atoms with E-state index in [4.69, 9.17) is 0 Å². The highest BCUT2D eigenvalue weighted by Gasteiger charge is 2.33. The van der Waals surface area contributed by atoms with E-state index in [0.29, 0.717) is 13.0 Å². The maximum atomic E-state index is 13.9. The van der Waals surface area contributed by atoms with E-state index >= 15 is 0 Å². The second-order valence-corrected chi connectivity index (χ2v) is 10.4. The molecular formula is C28H32FN3O4S. The zero-order chi connectivity index (χ0) is 27.0. The van der Waals surface area contributed by atoms with Crippen molar-refractivity contribution >= 4 is 27.5 Å². The van der Waals surface area contributed by atoms with Gasteiger partial charge in [0.25, 0.3) is 10.0 Å². The zero-order valence-corrected chi connectivity index (χ0v) is 22.0. The minimum Gasteiger partial charge on any atom is -0.355 e. The summed E-state index contributed by atoms with van der Waals surface area (Å²) in [5, 5.41) is 2.78. The third-order valence-corrected chi connectivity index (χ3v) is 7.85. The quantitative estimate of drug-likeness (QED) is 0.405. The molecule has 196 valence electrons. The third-order valence-electron chi connectivity index (χ3n) is 6.06. The van der Waals surface area contributed by atoms with E-state index in [1.54, 1.807) is 37.3 Å². The predicted molar refractivity (Wildman–Crippen MR) is 142 cm³/mol. The molecule has 37 heavy (non-hydrogen) atoms. The Bertz CT molecular complexity index is 1310. The van der Waals surface area contributed by atoms with Gasteiger partial charge in [0, 0.05) is 13.1 Å². The standard InChI is InChI=1S/C28H32FN3O4S/c1-4-26(28(34)30-5-2)31(19-22-12-10-9-11-21(22)3)27(33)20-32(24-13-7-6-8-14-24)37(35,36)25-17-15-23(29)16-18-25/h6-18,26H,4-5,19-20H2,1-3H3,(H,30,34)/t26-/m1/s1. The molecule has 0 spiro atoms. The lowest BCUT2D eigenvalue weighted by atomic mass is 10.1. The lowest BCUT2D eigenvalue weighted by molar-refractivity contribution is -0.140. The Morgan fingerprint density at radius 1 is 0.919 bits per heavy atom. The molecule has 9 heteroatoms. The molecule has 3 aromatic carbocycles. The molecule has 1 N–H and O–H groups in total. The van der Waals surface area contributed by atoms with Crippen molar-refractivity contribution in [2.24, 2.45) is 0 Å². The van der Waals surface area contributed by atoms with Gasteiger partial charge in [-0.2, -0.15) is 0 Å². The number of rotatable bonds is 11. The molecule has 0 aromatic heterocycles. The Labute approximate surface area is 218 Å². The van der Waals surface area contributed by atoms with Crippen molar-refractivity contribution in [2.45, 2.75) is 44.7 Å². The van der Waals surface area contributed by atoms with Crippen molar-refractivity contribution in [3.63, 3.8) is 0 Å². The van der Waals surface area contributed by atoms with Gasteiger partial charge in [0.05, 0.1) is 10.6 Å². The second kappa shape index (κ2) is 12.5. The fraction of sp³-hybridized carbons (Fsp3) is 0.286. The second-order valence-electron chi connectivity index (χ2n) is 8.57. The summed E-state index contributed by atoms with van der Waals surface area (Å²) < 4.78 is 41.8. The molecule has 0 aliphatic rings. The van der Waals surface area contributed by atoms with Gasteiger partial charge in [0.15, 0.2) is 0 Å². The summed E-state index contributed by atoms with van der Waals surface area (Å²) in [6.07, 6.45) is 0.347. The van der Waals surface area contributed by atoms with Crippen LogP contribution < -0.4 is 9.62 Å². The maximum Gasteiger partial charge on any atom is 0.264 e. The molecule has 2 amide bonds. The normalized spacial score (nSPS) is 12.0. The minimum atomic E-state index is -4.22. The first-order valence-corrected chi connectivity index (χ1v) is 13.6. The van der Waals surface area contributed by atoms with Crippen LogP contribution in [0.25, 0.3) is 0 Å². The molecule has 0 radical (unpaired) electrons. The fourth-order valence-electron chi connectivity index (χ4n) is 4.04. The summed E-state index contributed by atoms with van der Waals surface area (Å²) in [6.45, 7) is 5.52. The highest BCUT2D eigenvalue weighted by atomic mass is 32.2. The van der Waals surface area contributed by atoms with Crippen LogP contribution in [-0.4, -0.2) is 44.3 Å². The number of nitrogens with zero attached hydrogens (tertiary/aromatic N) is 2. The van der Waals surface area contributed by atoms with E-state index in [1.807, 2.05) is 38.1 Å². The van der Waals surface area contributed by atoms with Crippen LogP contribution in [0.2, 0.25) is 0 Å². The van der Waals surface area contributed by atoms with Gasteiger partial charge < -0.3 is 10.2 Å². The summed E-state index contributed by atoms with van der Waals surface area (Å²) in [5.41, 5.74) is 2.08. The molecule has 1 atom stereocenters. The average molecular weight is 526 g/mol. The minimum absolute atomic E-state index is 0.139. The molecule has 7 nitrogen and oxygen atoms in total. The lowest BCUT2D eigenvalue weighted by Gasteiger charge is -2.33. The highest BCUT2D eigenvalue weighted by Crippen LogP contribution is 2.25. The maximum absolute atomic E-state index is 13.9. The van der Waals surface area contributed by atoms with Gasteiger partial charge in [-0.25, -0.2) is 12.8 Å². The van der Waals surface area contributed by atoms with E-state index in [1.165, 1.54) is 17.0 Å². The van der Waals surface area contributed by atoms with Crippen LogP contribution in [0.15, 0.2) is 83.8 Å². The summed E-state index contributed by atoms with van der Waals surface area (Å²) in [6, 6.07) is 19.4. The average Bonchev–Trinajstić information content (AvgIpc) is 2.89. The summed E-state index contributed by atoms with van der Waals surface area (Å²) in [4.78, 5) is 28.1. The van der Waals surface area contributed by atoms with Gasteiger partial charge in [0.1, 0.15) is 18.4 Å². The molecule has 0 aliphatic carbocycles. The summed E-state index contributed by atoms with van der Waals surface area (Å²) >= 11 is 0. The van der Waals surface area contributed by atoms with Crippen LogP contribution in [-0.2, 0) is 26.2 Å². The predicted octanol–water partition coefficient (Wildman–Crippen LogP) is 4.27. The number of hydrogen-bond acceptors (Lipinski definition) is 4. The Kier molecular flexibility index (Phi) is 9.41. The van der Waals surface area contributed by atoms with Crippen molar-refractivity contribution in [3.8, 4) is 0 Å². The monoisotopic (exact) mass is 525 g/mol. The lowest BCUT2D eigenvalue weighted by Crippen LogP contribution is -2.52. The van der Waals surface area contributed by atoms with Crippen LogP contribution in [0, 0.1) is 12.7 Å². The molecule has 0 saturated heterocycles. The molecule has 0 unspecified atom stereocenters. The number of para-hydroxylation sites is 1. The zero-order valence-electron chi connectivity index (χ0n) is 21.2. The summed E-state index contributed by atoms with van der Waals surface area (Å²) in [5.74, 6) is -1.41. The van der Waals surface area contributed by atoms with Crippen LogP contribution in [0.1, 0.15) is 31.4 Å². The number of amides is 2. The molecule has 0 fully saturated rings. The number of aryl methyl sites for hydroxylation is 1. The number of nitrogens with one attached hydrogen (secondary N) is 1. The number of halogens is 1. The number of carbonyl (C=O) groups excluding carboxylic acids is 2. The van der Waals surface area contributed by atoms with Crippen LogP contribution in [0.3, 0.4) is 0 Å². The third kappa shape index (κ3) is 6.74. The smallest absolute Gasteiger partial charge is 0.264 e. The van der Waals surface area contributed by atoms with Gasteiger partial charge in [-0.15, -0.1) is 0 Å². The topological polar surface area (TPSA) is 86.8 Å². The van der Waals surface area contributed by atoms with Crippen LogP contribution >= 0.6 is 0 Å². The highest BCUT2D eigenvalue weighted by molar-refractivity contribution is 7.92. The first-order chi connectivity index (χ1) is 17.7. The van der Waals surface area contributed by atoms with E-state index in [0.717, 1.165) is 27.6 Å². The van der Waals surface area contributed by atoms with Crippen molar-refractivity contribution in [1.82, 2.24) is 10.2 Å². The van der Waals surface area contributed by atoms with Gasteiger partial charge in [0.2, 0.25) is 11.8 Å². The number of carbonyl (C=O) groups is 2. The Morgan fingerprint density at radius 2 is 1.54 bits per heavy atom. The SMILES string of the molecule is CCNC(=O)[C@@H](CC)N(Cc1ccccc1C)C(=O)CN(c1ccccc1)S(=O)(=O)c1ccc(F)cc1. The van der Waals surface area contributed by atoms with Gasteiger partial charge in [-0.3, -0.25) is 13.9 Å². The van der Waals surface area contributed by atoms with E-state index in [2.05, 4.69) is 5.32 Å². The fourth-order valence-corrected chi connectivity index (χ4v) is 5.45. The molecule has 3 aromatic rings. The van der Waals surface area contributed by atoms with Crippen molar-refractivity contribution in [2.75, 3.05) is 17.4 Å². The Balaban J connectivity index is 2.04. The van der Waals surface area contributed by atoms with Crippen molar-refractivity contribution in [1.29, 1.82) is 0 Å². The van der Waals surface area contributed by atoms with Crippen LogP contribution in [0.4, 0.5) is 10.1 Å². The van der Waals surface area contributed by atoms with Crippen LogP contribution in [0.5, 0.6) is 0 Å². The van der Waals surface area contributed by atoms with E-state index in [9.17, 15) is 22.4 Å². The van der Waals surface area contributed by atoms with Gasteiger partial charge in [-0.1, -0.05) is 49.4 Å². The number of likely N-dealkylation sites (N-methyl/N-ethyl adjacent to an activating group) is 1. The van der Waals surface area contributed by atoms with Crippen molar-refractivity contribution < 1.29 is 22.4 Å². The summed E-state index contributed by atoms with van der Waals surface area (Å²) in [7, 11) is -4.22. The number of anilines is 1. The molecular weight excluding hydrogens is 493 g/mol. The van der Waals surface area contributed by atoms with Gasteiger partial charge in [-0.05, 0) is 67.8 Å². The van der Waals surface area contributed by atoms with E-state index in [-0.39, 0.29) is 23.0 Å². The number of benzene rings is 3. The molecule has 0 heterocycles. The van der Waals surface area contributed by atoms with Gasteiger partial charge >= 0.3 is 0 Å². The number of hydrogen-bond donors (Lipinski definition) is 1. The molecule has 3 rings (SSSR count). The number of sulfonamides is 1. The first-order valence-electron chi connectivity index (χ1n) is 12.1.